The van der Waals surface area contributed by atoms with Crippen LogP contribution in [0.25, 0.3) is 11.0 Å². The molecule has 1 aromatic heterocycles. The molecule has 0 fully saturated rings. The van der Waals surface area contributed by atoms with Crippen LogP contribution in [0.15, 0.2) is 88.1 Å². The van der Waals surface area contributed by atoms with Crippen molar-refractivity contribution in [2.75, 3.05) is 13.7 Å². The average molecular weight is 459 g/mol. The molecule has 8 nitrogen and oxygen atoms in total. The van der Waals surface area contributed by atoms with E-state index >= 15 is 0 Å². The number of rotatable bonds is 8. The monoisotopic (exact) mass is 459 g/mol. The minimum Gasteiger partial charge on any atom is -0.493 e. The van der Waals surface area contributed by atoms with Crippen molar-refractivity contribution < 1.29 is 28.2 Å². The summed E-state index contributed by atoms with van der Waals surface area (Å²) in [6, 6.07) is 22.2. The van der Waals surface area contributed by atoms with Gasteiger partial charge in [0.2, 0.25) is 0 Å². The first-order valence-electron chi connectivity index (χ1n) is 10.4. The minimum absolute atomic E-state index is 0.113. The minimum atomic E-state index is -0.791. The van der Waals surface area contributed by atoms with Gasteiger partial charge in [0.1, 0.15) is 16.9 Å². The fourth-order valence-electron chi connectivity index (χ4n) is 3.22. The maximum Gasteiger partial charge on any atom is 0.349 e. The molecule has 8 heteroatoms. The summed E-state index contributed by atoms with van der Waals surface area (Å²) in [5, 5.41) is 3.21. The maximum atomic E-state index is 12.5. The van der Waals surface area contributed by atoms with E-state index < -0.39 is 17.5 Å². The smallest absolute Gasteiger partial charge is 0.349 e. The molecule has 1 N–H and O–H groups in total. The third kappa shape index (κ3) is 5.42. The van der Waals surface area contributed by atoms with Crippen molar-refractivity contribution in [3.63, 3.8) is 0 Å². The zero-order valence-electron chi connectivity index (χ0n) is 18.3. The van der Waals surface area contributed by atoms with Gasteiger partial charge in [-0.1, -0.05) is 42.5 Å². The summed E-state index contributed by atoms with van der Waals surface area (Å²) in [5.41, 5.74) is 0.183. The number of hydrogen-bond acceptors (Lipinski definition) is 7. The third-order valence-electron chi connectivity index (χ3n) is 4.89. The van der Waals surface area contributed by atoms with Crippen molar-refractivity contribution >= 4 is 22.8 Å². The van der Waals surface area contributed by atoms with Crippen molar-refractivity contribution in [3.05, 3.63) is 100 Å². The molecule has 0 aliphatic rings. The summed E-state index contributed by atoms with van der Waals surface area (Å²) in [7, 11) is 1.50. The van der Waals surface area contributed by atoms with Crippen LogP contribution in [0.4, 0.5) is 0 Å². The van der Waals surface area contributed by atoms with Crippen LogP contribution in [0.5, 0.6) is 17.2 Å². The number of fused-ring (bicyclic) bond motifs is 1. The predicted molar refractivity (Wildman–Crippen MR) is 124 cm³/mol. The van der Waals surface area contributed by atoms with Crippen molar-refractivity contribution in [3.8, 4) is 17.2 Å². The lowest BCUT2D eigenvalue weighted by atomic mass is 10.1. The van der Waals surface area contributed by atoms with Crippen molar-refractivity contribution in [1.29, 1.82) is 0 Å². The normalized spacial score (nSPS) is 10.5. The van der Waals surface area contributed by atoms with E-state index in [1.165, 1.54) is 25.3 Å². The van der Waals surface area contributed by atoms with Gasteiger partial charge in [-0.3, -0.25) is 4.79 Å². The lowest BCUT2D eigenvalue weighted by Gasteiger charge is -2.10. The van der Waals surface area contributed by atoms with E-state index in [0.29, 0.717) is 16.9 Å². The Morgan fingerprint density at radius 2 is 1.65 bits per heavy atom. The van der Waals surface area contributed by atoms with Gasteiger partial charge in [-0.25, -0.2) is 9.59 Å². The SMILES string of the molecule is COc1ccccc1OCC(=O)Oc1ccc2cc(C(=O)NCc3ccccc3)c(=O)oc2c1. The molecule has 3 aromatic carbocycles. The fourth-order valence-corrected chi connectivity index (χ4v) is 3.22. The average Bonchev–Trinajstić information content (AvgIpc) is 2.86. The first-order valence-corrected chi connectivity index (χ1v) is 10.4. The lowest BCUT2D eigenvalue weighted by Crippen LogP contribution is -2.27. The van der Waals surface area contributed by atoms with Crippen LogP contribution in [0.1, 0.15) is 15.9 Å². The largest absolute Gasteiger partial charge is 0.493 e. The molecule has 0 saturated heterocycles. The zero-order chi connectivity index (χ0) is 23.9. The molecular weight excluding hydrogens is 438 g/mol. The second-order valence-electron chi connectivity index (χ2n) is 7.23. The van der Waals surface area contributed by atoms with Crippen molar-refractivity contribution in [2.45, 2.75) is 6.54 Å². The summed E-state index contributed by atoms with van der Waals surface area (Å²) in [4.78, 5) is 37.0. The number of benzene rings is 3. The van der Waals surface area contributed by atoms with Crippen molar-refractivity contribution in [1.82, 2.24) is 5.32 Å². The van der Waals surface area contributed by atoms with Gasteiger partial charge in [-0.2, -0.15) is 0 Å². The molecule has 1 amide bonds. The van der Waals surface area contributed by atoms with Gasteiger partial charge in [0, 0.05) is 18.0 Å². The van der Waals surface area contributed by atoms with Crippen LogP contribution in [0.2, 0.25) is 0 Å². The standard InChI is InChI=1S/C26H21NO7/c1-31-21-9-5-6-10-22(21)32-16-24(28)33-19-12-11-18-13-20(26(30)34-23(18)14-19)25(29)27-15-17-7-3-2-4-8-17/h2-14H,15-16H2,1H3,(H,27,29). The van der Waals surface area contributed by atoms with E-state index in [1.54, 1.807) is 30.3 Å². The first kappa shape index (κ1) is 22.6. The number of carbonyl (C=O) groups excluding carboxylic acids is 2. The highest BCUT2D eigenvalue weighted by Crippen LogP contribution is 2.26. The molecule has 172 valence electrons. The maximum absolute atomic E-state index is 12.5. The number of carbonyl (C=O) groups is 2. The molecule has 0 radical (unpaired) electrons. The summed E-state index contributed by atoms with van der Waals surface area (Å²) < 4.78 is 21.2. The highest BCUT2D eigenvalue weighted by Gasteiger charge is 2.15. The Hall–Kier alpha value is -4.59. The molecule has 0 aliphatic heterocycles. The molecule has 4 aromatic rings. The van der Waals surface area contributed by atoms with Crippen LogP contribution in [-0.4, -0.2) is 25.6 Å². The van der Waals surface area contributed by atoms with E-state index in [2.05, 4.69) is 5.32 Å². The molecule has 4 rings (SSSR count). The van der Waals surface area contributed by atoms with Gasteiger partial charge in [0.05, 0.1) is 7.11 Å². The van der Waals surface area contributed by atoms with Gasteiger partial charge in [-0.05, 0) is 35.9 Å². The summed E-state index contributed by atoms with van der Waals surface area (Å²) >= 11 is 0. The number of para-hydroxylation sites is 2. The zero-order valence-corrected chi connectivity index (χ0v) is 18.3. The fraction of sp³-hybridized carbons (Fsp3) is 0.115. The van der Waals surface area contributed by atoms with Crippen LogP contribution in [0.3, 0.4) is 0 Å². The molecule has 0 atom stereocenters. The summed E-state index contributed by atoms with van der Waals surface area (Å²) in [6.45, 7) is -0.0636. The lowest BCUT2D eigenvalue weighted by molar-refractivity contribution is -0.136. The van der Waals surface area contributed by atoms with E-state index in [-0.39, 0.29) is 30.0 Å². The second kappa shape index (κ2) is 10.4. The second-order valence-corrected chi connectivity index (χ2v) is 7.23. The Bertz CT molecular complexity index is 1380. The number of amides is 1. The van der Waals surface area contributed by atoms with Gasteiger partial charge >= 0.3 is 11.6 Å². The van der Waals surface area contributed by atoms with Crippen molar-refractivity contribution in [2.24, 2.45) is 0 Å². The Morgan fingerprint density at radius 3 is 2.41 bits per heavy atom. The molecule has 34 heavy (non-hydrogen) atoms. The van der Waals surface area contributed by atoms with E-state index in [0.717, 1.165) is 5.56 Å². The van der Waals surface area contributed by atoms with Gasteiger partial charge < -0.3 is 23.9 Å². The number of methoxy groups -OCH3 is 1. The number of hydrogen-bond donors (Lipinski definition) is 1. The Balaban J connectivity index is 1.42. The van der Waals surface area contributed by atoms with E-state index in [1.807, 2.05) is 30.3 Å². The van der Waals surface area contributed by atoms with E-state index in [9.17, 15) is 14.4 Å². The first-order chi connectivity index (χ1) is 16.5. The topological polar surface area (TPSA) is 104 Å². The Morgan fingerprint density at radius 1 is 0.912 bits per heavy atom. The third-order valence-corrected chi connectivity index (χ3v) is 4.89. The number of esters is 1. The molecule has 0 bridgehead atoms. The summed E-state index contributed by atoms with van der Waals surface area (Å²) in [5.74, 6) is -0.116. The number of ether oxygens (including phenoxy) is 3. The molecule has 1 heterocycles. The van der Waals surface area contributed by atoms with E-state index in [4.69, 9.17) is 18.6 Å². The highest BCUT2D eigenvalue weighted by molar-refractivity contribution is 5.96. The molecule has 0 spiro atoms. The van der Waals surface area contributed by atoms with Crippen LogP contribution >= 0.6 is 0 Å². The predicted octanol–water partition coefficient (Wildman–Crippen LogP) is 3.72. The molecule has 0 saturated carbocycles. The molecular formula is C26H21NO7. The van der Waals surface area contributed by atoms with Crippen LogP contribution in [-0.2, 0) is 11.3 Å². The Kier molecular flexibility index (Phi) is 6.88. The van der Waals surface area contributed by atoms with Gasteiger partial charge in [0.25, 0.3) is 5.91 Å². The highest BCUT2D eigenvalue weighted by atomic mass is 16.6. The Labute approximate surface area is 194 Å². The van der Waals surface area contributed by atoms with Crippen LogP contribution < -0.4 is 25.2 Å². The quantitative estimate of drug-likeness (QED) is 0.243. The molecule has 0 unspecified atom stereocenters. The van der Waals surface area contributed by atoms with Gasteiger partial charge in [0.15, 0.2) is 18.1 Å². The van der Waals surface area contributed by atoms with Gasteiger partial charge in [-0.15, -0.1) is 0 Å². The number of nitrogens with one attached hydrogen (secondary N) is 1. The molecule has 0 aliphatic carbocycles. The van der Waals surface area contributed by atoms with Crippen LogP contribution in [0, 0.1) is 0 Å². The summed E-state index contributed by atoms with van der Waals surface area (Å²) in [6.07, 6.45) is 0.